The van der Waals surface area contributed by atoms with Crippen LogP contribution in [0.1, 0.15) is 18.9 Å². The van der Waals surface area contributed by atoms with E-state index in [9.17, 15) is 13.2 Å². The molecule has 0 saturated carbocycles. The minimum absolute atomic E-state index is 0.283. The Hall–Kier alpha value is -2.51. The lowest BCUT2D eigenvalue weighted by Gasteiger charge is -2.31. The fourth-order valence-electron chi connectivity index (χ4n) is 2.87. The summed E-state index contributed by atoms with van der Waals surface area (Å²) in [6.45, 7) is 7.50. The summed E-state index contributed by atoms with van der Waals surface area (Å²) in [5.41, 5.74) is 1.63. The highest BCUT2D eigenvalue weighted by Crippen LogP contribution is 2.29. The molecule has 0 spiro atoms. The Labute approximate surface area is 177 Å². The molecule has 0 fully saturated rings. The lowest BCUT2D eigenvalue weighted by molar-refractivity contribution is -0.117. The molecule has 8 heteroatoms. The molecule has 0 radical (unpaired) electrons. The number of hydrogen-bond acceptors (Lipinski definition) is 4. The topological polar surface area (TPSA) is 75.7 Å². The molecule has 2 aromatic rings. The summed E-state index contributed by atoms with van der Waals surface area (Å²) in [5, 5.41) is 3.17. The molecule has 6 nitrogen and oxygen atoms in total. The van der Waals surface area contributed by atoms with Gasteiger partial charge in [0.1, 0.15) is 18.4 Å². The molecule has 1 N–H and O–H groups in total. The third-order valence-corrected chi connectivity index (χ3v) is 5.63. The zero-order valence-corrected chi connectivity index (χ0v) is 18.3. The molecular weight excluding hydrogens is 412 g/mol. The Morgan fingerprint density at radius 1 is 1.28 bits per heavy atom. The molecular formula is C21H25ClN2O4S. The number of aryl methyl sites for hydroxylation is 1. The number of sulfonamides is 1. The predicted molar refractivity (Wildman–Crippen MR) is 118 cm³/mol. The van der Waals surface area contributed by atoms with Gasteiger partial charge in [-0.25, -0.2) is 8.42 Å². The second kappa shape index (κ2) is 9.80. The molecule has 1 atom stereocenters. The minimum Gasteiger partial charge on any atom is -0.490 e. The number of benzene rings is 2. The first kappa shape index (κ1) is 22.8. The summed E-state index contributed by atoms with van der Waals surface area (Å²) >= 11 is 6.08. The molecule has 0 aliphatic carbocycles. The summed E-state index contributed by atoms with van der Waals surface area (Å²) < 4.78 is 31.7. The molecule has 0 unspecified atom stereocenters. The molecule has 2 aromatic carbocycles. The van der Waals surface area contributed by atoms with Crippen molar-refractivity contribution in [3.05, 3.63) is 65.7 Å². The smallest absolute Gasteiger partial charge is 0.248 e. The maximum atomic E-state index is 13.0. The van der Waals surface area contributed by atoms with Crippen LogP contribution in [0.15, 0.2) is 55.1 Å². The Bertz CT molecular complexity index is 975. The number of carbonyl (C=O) groups is 1. The van der Waals surface area contributed by atoms with Crippen LogP contribution in [0.4, 0.5) is 11.4 Å². The van der Waals surface area contributed by atoms with Gasteiger partial charge in [0.2, 0.25) is 15.9 Å². The van der Waals surface area contributed by atoms with Crippen LogP contribution in [0.2, 0.25) is 5.02 Å². The number of amides is 1. The van der Waals surface area contributed by atoms with Crippen LogP contribution in [0.25, 0.3) is 0 Å². The van der Waals surface area contributed by atoms with Gasteiger partial charge in [-0.05, 0) is 55.3 Å². The van der Waals surface area contributed by atoms with E-state index in [1.807, 2.05) is 0 Å². The summed E-state index contributed by atoms with van der Waals surface area (Å²) in [6.07, 6.45) is 3.00. The van der Waals surface area contributed by atoms with E-state index in [4.69, 9.17) is 16.3 Å². The van der Waals surface area contributed by atoms with Gasteiger partial charge in [0.15, 0.2) is 0 Å². The van der Waals surface area contributed by atoms with E-state index in [1.165, 1.54) is 0 Å². The van der Waals surface area contributed by atoms with Crippen LogP contribution in [0.3, 0.4) is 0 Å². The third kappa shape index (κ3) is 5.98. The first-order valence-corrected chi connectivity index (χ1v) is 11.3. The Morgan fingerprint density at radius 2 is 1.93 bits per heavy atom. The van der Waals surface area contributed by atoms with Crippen LogP contribution in [-0.2, 0) is 14.8 Å². The van der Waals surface area contributed by atoms with Crippen LogP contribution in [0, 0.1) is 6.92 Å². The average Bonchev–Trinajstić information content (AvgIpc) is 2.66. The van der Waals surface area contributed by atoms with Crippen molar-refractivity contribution in [3.8, 4) is 5.75 Å². The van der Waals surface area contributed by atoms with Gasteiger partial charge in [-0.15, -0.1) is 0 Å². The summed E-state index contributed by atoms with van der Waals surface area (Å²) in [6, 6.07) is 10.8. The zero-order chi connectivity index (χ0) is 21.6. The van der Waals surface area contributed by atoms with E-state index < -0.39 is 22.0 Å². The first-order chi connectivity index (χ1) is 13.7. The van der Waals surface area contributed by atoms with E-state index in [2.05, 4.69) is 11.9 Å². The van der Waals surface area contributed by atoms with E-state index in [0.717, 1.165) is 10.6 Å². The van der Waals surface area contributed by atoms with Crippen LogP contribution >= 0.6 is 11.6 Å². The lowest BCUT2D eigenvalue weighted by Crippen LogP contribution is -2.47. The van der Waals surface area contributed by atoms with Crippen LogP contribution in [-0.4, -0.2) is 33.2 Å². The van der Waals surface area contributed by atoms with E-state index in [0.29, 0.717) is 34.3 Å². The van der Waals surface area contributed by atoms with Crippen LogP contribution in [0.5, 0.6) is 5.75 Å². The summed E-state index contributed by atoms with van der Waals surface area (Å²) in [4.78, 5) is 13.0. The molecule has 0 bridgehead atoms. The standard InChI is InChI=1S/C21H25ClN2O4S/c1-5-13-28-18-11-9-17(10-12-18)23-21(25)19(6-2)24(29(4,26)27)20-14-16(22)8-7-15(20)3/h5,7-12,14,19H,1,6,13H2,2-4H3,(H,23,25)/t19-/m1/s1. The van der Waals surface area contributed by atoms with E-state index >= 15 is 0 Å². The fraction of sp³-hybridized carbons (Fsp3) is 0.286. The maximum absolute atomic E-state index is 13.0. The Kier molecular flexibility index (Phi) is 7.70. The van der Waals surface area contributed by atoms with Gasteiger partial charge in [0.25, 0.3) is 0 Å². The highest BCUT2D eigenvalue weighted by molar-refractivity contribution is 7.92. The summed E-state index contributed by atoms with van der Waals surface area (Å²) in [7, 11) is -3.74. The largest absolute Gasteiger partial charge is 0.490 e. The molecule has 0 aliphatic rings. The molecule has 1 amide bonds. The van der Waals surface area contributed by atoms with Crippen molar-refractivity contribution in [1.29, 1.82) is 0 Å². The van der Waals surface area contributed by atoms with Crippen LogP contribution < -0.4 is 14.4 Å². The first-order valence-electron chi connectivity index (χ1n) is 9.07. The molecule has 0 aliphatic heterocycles. The Morgan fingerprint density at radius 3 is 2.48 bits per heavy atom. The van der Waals surface area contributed by atoms with Gasteiger partial charge >= 0.3 is 0 Å². The molecule has 0 aromatic heterocycles. The number of hydrogen-bond donors (Lipinski definition) is 1. The van der Waals surface area contributed by atoms with Crippen molar-refractivity contribution >= 4 is 38.9 Å². The number of anilines is 2. The van der Waals surface area contributed by atoms with E-state index in [-0.39, 0.29) is 6.42 Å². The average molecular weight is 437 g/mol. The second-order valence-corrected chi connectivity index (χ2v) is 8.82. The highest BCUT2D eigenvalue weighted by atomic mass is 35.5. The zero-order valence-electron chi connectivity index (χ0n) is 16.7. The number of nitrogens with one attached hydrogen (secondary N) is 1. The normalized spacial score (nSPS) is 12.1. The number of carbonyl (C=O) groups excluding carboxylic acids is 1. The van der Waals surface area contributed by atoms with Crippen molar-refractivity contribution in [1.82, 2.24) is 0 Å². The molecule has 29 heavy (non-hydrogen) atoms. The van der Waals surface area contributed by atoms with Gasteiger partial charge in [0.05, 0.1) is 11.9 Å². The van der Waals surface area contributed by atoms with E-state index in [1.54, 1.807) is 62.4 Å². The quantitative estimate of drug-likeness (QED) is 0.591. The van der Waals surface area contributed by atoms with Crippen molar-refractivity contribution in [2.75, 3.05) is 22.5 Å². The second-order valence-electron chi connectivity index (χ2n) is 6.53. The van der Waals surface area contributed by atoms with Crippen molar-refractivity contribution < 1.29 is 17.9 Å². The fourth-order valence-corrected chi connectivity index (χ4v) is 4.30. The Balaban J connectivity index is 2.31. The highest BCUT2D eigenvalue weighted by Gasteiger charge is 2.32. The molecule has 2 rings (SSSR count). The van der Waals surface area contributed by atoms with Gasteiger partial charge in [0, 0.05) is 10.7 Å². The molecule has 0 heterocycles. The van der Waals surface area contributed by atoms with Crippen molar-refractivity contribution in [3.63, 3.8) is 0 Å². The van der Waals surface area contributed by atoms with Crippen molar-refractivity contribution in [2.24, 2.45) is 0 Å². The lowest BCUT2D eigenvalue weighted by atomic mass is 10.1. The van der Waals surface area contributed by atoms with Gasteiger partial charge in [-0.2, -0.15) is 0 Å². The predicted octanol–water partition coefficient (Wildman–Crippen LogP) is 4.40. The van der Waals surface area contributed by atoms with Gasteiger partial charge < -0.3 is 10.1 Å². The number of nitrogens with zero attached hydrogens (tertiary/aromatic N) is 1. The van der Waals surface area contributed by atoms with Crippen molar-refractivity contribution in [2.45, 2.75) is 26.3 Å². The monoisotopic (exact) mass is 436 g/mol. The SMILES string of the molecule is C=CCOc1ccc(NC(=O)[C@@H](CC)N(c2cc(Cl)ccc2C)S(C)(=O)=O)cc1. The number of ether oxygens (including phenoxy) is 1. The summed E-state index contributed by atoms with van der Waals surface area (Å²) in [5.74, 6) is 0.208. The number of rotatable bonds is 9. The number of halogens is 1. The third-order valence-electron chi connectivity index (χ3n) is 4.23. The maximum Gasteiger partial charge on any atom is 0.248 e. The molecule has 0 saturated heterocycles. The minimum atomic E-state index is -3.74. The van der Waals surface area contributed by atoms with Gasteiger partial charge in [-0.1, -0.05) is 37.2 Å². The van der Waals surface area contributed by atoms with Gasteiger partial charge in [-0.3, -0.25) is 9.10 Å². The molecule has 156 valence electrons.